The van der Waals surface area contributed by atoms with Crippen LogP contribution < -0.4 is 5.59 Å². The Balaban J connectivity index is 2.84. The molecule has 1 heterocycles. The van der Waals surface area contributed by atoms with E-state index in [9.17, 15) is 0 Å². The Morgan fingerprint density at radius 2 is 2.62 bits per heavy atom. The highest BCUT2D eigenvalue weighted by molar-refractivity contribution is 7.14. The van der Waals surface area contributed by atoms with Crippen LogP contribution in [0.1, 0.15) is 0 Å². The van der Waals surface area contributed by atoms with Crippen molar-refractivity contribution in [3.05, 3.63) is 12.3 Å². The van der Waals surface area contributed by atoms with Crippen molar-refractivity contribution in [2.75, 3.05) is 0 Å². The normalized spacial score (nSPS) is 9.25. The highest BCUT2D eigenvalue weighted by Crippen LogP contribution is 1.84. The predicted molar refractivity (Wildman–Crippen MR) is 36.3 cm³/mol. The standard InChI is InChI=1S/C3H6BN2OP/c7-4-3-1-2-6(8)5-3/h1-2,4,7H,8H2. The predicted octanol–water partition coefficient (Wildman–Crippen LogP) is -1.51. The quantitative estimate of drug-likeness (QED) is 0.368. The van der Waals surface area contributed by atoms with Crippen LogP contribution in [-0.2, 0) is 0 Å². The summed E-state index contributed by atoms with van der Waals surface area (Å²) < 4.78 is 1.57. The minimum Gasteiger partial charge on any atom is -0.448 e. The molecule has 0 spiro atoms. The van der Waals surface area contributed by atoms with Gasteiger partial charge in [-0.05, 0) is 15.5 Å². The van der Waals surface area contributed by atoms with E-state index in [4.69, 9.17) is 5.02 Å². The highest BCUT2D eigenvalue weighted by Gasteiger charge is 1.92. The second-order valence-corrected chi connectivity index (χ2v) is 1.97. The van der Waals surface area contributed by atoms with E-state index < -0.39 is 0 Å². The van der Waals surface area contributed by atoms with E-state index in [-0.39, 0.29) is 7.48 Å². The van der Waals surface area contributed by atoms with Crippen molar-refractivity contribution < 1.29 is 5.02 Å². The third-order valence-corrected chi connectivity index (χ3v) is 1.11. The smallest absolute Gasteiger partial charge is 0.327 e. The summed E-state index contributed by atoms with van der Waals surface area (Å²) in [5.41, 5.74) is 0.694. The van der Waals surface area contributed by atoms with Crippen molar-refractivity contribution in [1.29, 1.82) is 0 Å². The third kappa shape index (κ3) is 1.08. The molecule has 0 aliphatic rings. The second kappa shape index (κ2) is 2.29. The first-order chi connectivity index (χ1) is 3.83. The Hall–Kier alpha value is -0.335. The van der Waals surface area contributed by atoms with Gasteiger partial charge in [0.2, 0.25) is 0 Å². The van der Waals surface area contributed by atoms with Crippen molar-refractivity contribution in [2.24, 2.45) is 0 Å². The molecule has 42 valence electrons. The van der Waals surface area contributed by atoms with Crippen LogP contribution in [0.25, 0.3) is 0 Å². The van der Waals surface area contributed by atoms with Crippen molar-refractivity contribution in [2.45, 2.75) is 0 Å². The van der Waals surface area contributed by atoms with Crippen molar-refractivity contribution >= 4 is 22.5 Å². The molecule has 0 aliphatic heterocycles. The lowest BCUT2D eigenvalue weighted by atomic mass is 9.97. The Labute approximate surface area is 50.2 Å². The molecule has 1 unspecified atom stereocenters. The molecule has 0 saturated carbocycles. The Morgan fingerprint density at radius 3 is 2.88 bits per heavy atom. The van der Waals surface area contributed by atoms with Crippen LogP contribution in [0.5, 0.6) is 0 Å². The molecule has 0 saturated heterocycles. The summed E-state index contributed by atoms with van der Waals surface area (Å²) in [5, 5.41) is 12.3. The summed E-state index contributed by atoms with van der Waals surface area (Å²) in [6, 6.07) is 1.76. The average molecular weight is 128 g/mol. The zero-order valence-corrected chi connectivity index (χ0v) is 5.44. The molecule has 1 aromatic rings. The van der Waals surface area contributed by atoms with Gasteiger partial charge in [-0.25, -0.2) is 0 Å². The molecule has 0 radical (unpaired) electrons. The summed E-state index contributed by atoms with van der Waals surface area (Å²) in [6.45, 7) is 0. The molecule has 0 aliphatic carbocycles. The lowest BCUT2D eigenvalue weighted by molar-refractivity contribution is 0.614. The zero-order chi connectivity index (χ0) is 5.98. The molecule has 1 atom stereocenters. The van der Waals surface area contributed by atoms with Gasteiger partial charge in [-0.15, -0.1) is 0 Å². The number of hydrogen-bond donors (Lipinski definition) is 1. The molecule has 1 N–H and O–H groups in total. The summed E-state index contributed by atoms with van der Waals surface area (Å²) >= 11 is 0. The van der Waals surface area contributed by atoms with Crippen LogP contribution in [-0.4, -0.2) is 22.1 Å². The maximum Gasteiger partial charge on any atom is 0.327 e. The van der Waals surface area contributed by atoms with E-state index in [0.29, 0.717) is 5.59 Å². The average Bonchev–Trinajstić information content (AvgIpc) is 2.14. The van der Waals surface area contributed by atoms with Crippen LogP contribution in [0, 0.1) is 0 Å². The van der Waals surface area contributed by atoms with Gasteiger partial charge in [0.05, 0.1) is 5.59 Å². The van der Waals surface area contributed by atoms with Gasteiger partial charge < -0.3 is 5.02 Å². The third-order valence-electron chi connectivity index (χ3n) is 0.826. The van der Waals surface area contributed by atoms with Gasteiger partial charge >= 0.3 is 7.48 Å². The molecule has 0 amide bonds. The number of rotatable bonds is 1. The van der Waals surface area contributed by atoms with E-state index in [1.807, 2.05) is 0 Å². The summed E-state index contributed by atoms with van der Waals surface area (Å²) in [5.74, 6) is 0. The number of aromatic nitrogens is 2. The van der Waals surface area contributed by atoms with Crippen LogP contribution in [0.4, 0.5) is 0 Å². The minimum absolute atomic E-state index is 0.0153. The van der Waals surface area contributed by atoms with Crippen LogP contribution in [0.2, 0.25) is 0 Å². The van der Waals surface area contributed by atoms with Gasteiger partial charge in [-0.1, -0.05) is 0 Å². The molecule has 0 fully saturated rings. The van der Waals surface area contributed by atoms with Gasteiger partial charge in [-0.3, -0.25) is 4.45 Å². The van der Waals surface area contributed by atoms with Crippen molar-refractivity contribution in [3.63, 3.8) is 0 Å². The molecule has 1 rings (SSSR count). The molecule has 3 nitrogen and oxygen atoms in total. The van der Waals surface area contributed by atoms with Gasteiger partial charge in [0.25, 0.3) is 0 Å². The van der Waals surface area contributed by atoms with E-state index >= 15 is 0 Å². The Kier molecular flexibility index (Phi) is 1.66. The Morgan fingerprint density at radius 1 is 1.88 bits per heavy atom. The lowest BCUT2D eigenvalue weighted by Gasteiger charge is -1.81. The first-order valence-corrected chi connectivity index (χ1v) is 2.75. The van der Waals surface area contributed by atoms with Crippen LogP contribution >= 0.6 is 9.39 Å². The molecule has 5 heteroatoms. The first-order valence-electron chi connectivity index (χ1n) is 2.23. The van der Waals surface area contributed by atoms with Gasteiger partial charge in [-0.2, -0.15) is 5.10 Å². The lowest BCUT2D eigenvalue weighted by Crippen LogP contribution is -2.14. The summed E-state index contributed by atoms with van der Waals surface area (Å²) in [4.78, 5) is 0. The zero-order valence-electron chi connectivity index (χ0n) is 4.28. The summed E-state index contributed by atoms with van der Waals surface area (Å²) in [7, 11) is 2.39. The summed E-state index contributed by atoms with van der Waals surface area (Å²) in [6.07, 6.45) is 1.76. The topological polar surface area (TPSA) is 38.0 Å². The maximum atomic E-state index is 8.47. The molecule has 0 bridgehead atoms. The molecule has 8 heavy (non-hydrogen) atoms. The fraction of sp³-hybridized carbons (Fsp3) is 0. The molecular formula is C3H6BN2OP. The second-order valence-electron chi connectivity index (χ2n) is 1.45. The maximum absolute atomic E-state index is 8.47. The van der Waals surface area contributed by atoms with Crippen LogP contribution in [0.3, 0.4) is 0 Å². The highest BCUT2D eigenvalue weighted by atomic mass is 31.0. The van der Waals surface area contributed by atoms with E-state index in [1.165, 1.54) is 0 Å². The fourth-order valence-electron chi connectivity index (χ4n) is 0.462. The van der Waals surface area contributed by atoms with Crippen molar-refractivity contribution in [3.8, 4) is 0 Å². The Bertz CT molecular complexity index is 178. The molecule has 0 aromatic carbocycles. The fourth-order valence-corrected chi connectivity index (χ4v) is 0.696. The monoisotopic (exact) mass is 128 g/mol. The van der Waals surface area contributed by atoms with E-state index in [1.54, 1.807) is 16.7 Å². The number of hydrogen-bond acceptors (Lipinski definition) is 2. The molecular weight excluding hydrogens is 122 g/mol. The van der Waals surface area contributed by atoms with Gasteiger partial charge in [0.15, 0.2) is 0 Å². The molecule has 1 aromatic heterocycles. The largest absolute Gasteiger partial charge is 0.448 e. The SMILES string of the molecule is OBc1ccn(P)n1. The minimum atomic E-state index is 0.0153. The van der Waals surface area contributed by atoms with Gasteiger partial charge in [0.1, 0.15) is 0 Å². The van der Waals surface area contributed by atoms with E-state index in [0.717, 1.165) is 0 Å². The van der Waals surface area contributed by atoms with Crippen molar-refractivity contribution in [1.82, 2.24) is 9.55 Å². The first kappa shape index (κ1) is 5.80. The number of nitrogens with zero attached hydrogens (tertiary/aromatic N) is 2. The van der Waals surface area contributed by atoms with Crippen LogP contribution in [0.15, 0.2) is 12.3 Å². The van der Waals surface area contributed by atoms with E-state index in [2.05, 4.69) is 14.5 Å². The van der Waals surface area contributed by atoms with Gasteiger partial charge in [0, 0.05) is 6.20 Å².